The summed E-state index contributed by atoms with van der Waals surface area (Å²) in [7, 11) is 3.32. The summed E-state index contributed by atoms with van der Waals surface area (Å²) in [4.78, 5) is 19.2. The van der Waals surface area contributed by atoms with Gasteiger partial charge in [0.1, 0.15) is 5.75 Å². The topological polar surface area (TPSA) is 68.5 Å². The summed E-state index contributed by atoms with van der Waals surface area (Å²) in [6.45, 7) is 2.47. The standard InChI is InChI=1S/C14H17N3O2S/c1-9-16-7-11(20-9)8-17(2)14(18)12-5-4-10(19-3)6-13(12)15/h4-7H,8,15H2,1-3H3. The van der Waals surface area contributed by atoms with Gasteiger partial charge < -0.3 is 15.4 Å². The lowest BCUT2D eigenvalue weighted by atomic mass is 10.1. The lowest BCUT2D eigenvalue weighted by Gasteiger charge is -2.17. The number of hydrogen-bond acceptors (Lipinski definition) is 5. The number of nitrogens with two attached hydrogens (primary N) is 1. The molecule has 2 aromatic rings. The largest absolute Gasteiger partial charge is 0.497 e. The van der Waals surface area contributed by atoms with Crippen LogP contribution < -0.4 is 10.5 Å². The lowest BCUT2D eigenvalue weighted by Crippen LogP contribution is -2.26. The van der Waals surface area contributed by atoms with Crippen molar-refractivity contribution in [2.24, 2.45) is 0 Å². The number of ether oxygens (including phenoxy) is 1. The van der Waals surface area contributed by atoms with E-state index in [1.54, 1.807) is 54.8 Å². The number of methoxy groups -OCH3 is 1. The van der Waals surface area contributed by atoms with Crippen LogP contribution in [0.1, 0.15) is 20.2 Å². The Kier molecular flexibility index (Phi) is 4.24. The van der Waals surface area contributed by atoms with Crippen molar-refractivity contribution in [1.82, 2.24) is 9.88 Å². The Morgan fingerprint density at radius 2 is 2.25 bits per heavy atom. The van der Waals surface area contributed by atoms with E-state index in [9.17, 15) is 4.79 Å². The van der Waals surface area contributed by atoms with E-state index >= 15 is 0 Å². The molecule has 0 atom stereocenters. The molecule has 106 valence electrons. The van der Waals surface area contributed by atoms with Crippen molar-refractivity contribution in [3.8, 4) is 5.75 Å². The van der Waals surface area contributed by atoms with Crippen LogP contribution in [0.3, 0.4) is 0 Å². The Morgan fingerprint density at radius 1 is 1.50 bits per heavy atom. The summed E-state index contributed by atoms with van der Waals surface area (Å²) in [5.41, 5.74) is 6.80. The number of hydrogen-bond donors (Lipinski definition) is 1. The van der Waals surface area contributed by atoms with Gasteiger partial charge in [-0.15, -0.1) is 11.3 Å². The van der Waals surface area contributed by atoms with E-state index in [0.717, 1.165) is 9.88 Å². The maximum atomic E-state index is 12.4. The predicted molar refractivity (Wildman–Crippen MR) is 80.1 cm³/mol. The second kappa shape index (κ2) is 5.92. The number of thiazole rings is 1. The number of anilines is 1. The number of nitrogen functional groups attached to an aromatic ring is 1. The van der Waals surface area contributed by atoms with E-state index in [0.29, 0.717) is 23.5 Å². The van der Waals surface area contributed by atoms with Gasteiger partial charge in [0.05, 0.1) is 24.2 Å². The Hall–Kier alpha value is -2.08. The molecule has 6 heteroatoms. The summed E-state index contributed by atoms with van der Waals surface area (Å²) >= 11 is 1.58. The number of amides is 1. The Balaban J connectivity index is 2.14. The van der Waals surface area contributed by atoms with Crippen LogP contribution in [0.25, 0.3) is 0 Å². The second-order valence-electron chi connectivity index (χ2n) is 4.46. The molecule has 0 unspecified atom stereocenters. The van der Waals surface area contributed by atoms with E-state index in [1.165, 1.54) is 0 Å². The van der Waals surface area contributed by atoms with E-state index in [2.05, 4.69) is 4.98 Å². The van der Waals surface area contributed by atoms with Gasteiger partial charge in [-0.3, -0.25) is 4.79 Å². The van der Waals surface area contributed by atoms with Crippen LogP contribution in [0.2, 0.25) is 0 Å². The zero-order valence-corrected chi connectivity index (χ0v) is 12.5. The van der Waals surface area contributed by atoms with Crippen LogP contribution in [0.15, 0.2) is 24.4 Å². The van der Waals surface area contributed by atoms with Gasteiger partial charge in [-0.1, -0.05) is 0 Å². The molecule has 2 N–H and O–H groups in total. The Bertz CT molecular complexity index is 625. The number of carbonyl (C=O) groups excluding carboxylic acids is 1. The molecular weight excluding hydrogens is 274 g/mol. The van der Waals surface area contributed by atoms with E-state index in [1.807, 2.05) is 6.92 Å². The van der Waals surface area contributed by atoms with Gasteiger partial charge >= 0.3 is 0 Å². The third-order valence-electron chi connectivity index (χ3n) is 2.90. The molecule has 1 heterocycles. The number of nitrogens with zero attached hydrogens (tertiary/aromatic N) is 2. The minimum absolute atomic E-state index is 0.115. The van der Waals surface area contributed by atoms with Crippen molar-refractivity contribution in [3.05, 3.63) is 39.8 Å². The minimum atomic E-state index is -0.115. The molecule has 0 aliphatic carbocycles. The van der Waals surface area contributed by atoms with Gasteiger partial charge in [0.2, 0.25) is 0 Å². The van der Waals surface area contributed by atoms with Gasteiger partial charge in [-0.2, -0.15) is 0 Å². The van der Waals surface area contributed by atoms with Crippen molar-refractivity contribution in [2.75, 3.05) is 19.9 Å². The maximum absolute atomic E-state index is 12.4. The zero-order chi connectivity index (χ0) is 14.7. The van der Waals surface area contributed by atoms with Gasteiger partial charge in [-0.05, 0) is 19.1 Å². The molecular formula is C14H17N3O2S. The average Bonchev–Trinajstić information content (AvgIpc) is 2.83. The van der Waals surface area contributed by atoms with Crippen molar-refractivity contribution in [1.29, 1.82) is 0 Å². The molecule has 0 bridgehead atoms. The first-order valence-electron chi connectivity index (χ1n) is 6.11. The van der Waals surface area contributed by atoms with Crippen LogP contribution in [-0.2, 0) is 6.54 Å². The molecule has 1 amide bonds. The summed E-state index contributed by atoms with van der Waals surface area (Å²) in [6.07, 6.45) is 1.79. The number of rotatable bonds is 4. The van der Waals surface area contributed by atoms with E-state index in [4.69, 9.17) is 10.5 Å². The van der Waals surface area contributed by atoms with Crippen molar-refractivity contribution in [2.45, 2.75) is 13.5 Å². The normalized spacial score (nSPS) is 10.3. The molecule has 0 spiro atoms. The lowest BCUT2D eigenvalue weighted by molar-refractivity contribution is 0.0787. The minimum Gasteiger partial charge on any atom is -0.497 e. The zero-order valence-electron chi connectivity index (χ0n) is 11.7. The van der Waals surface area contributed by atoms with Crippen molar-refractivity contribution in [3.63, 3.8) is 0 Å². The fraction of sp³-hybridized carbons (Fsp3) is 0.286. The first kappa shape index (κ1) is 14.3. The number of benzene rings is 1. The molecule has 1 aromatic heterocycles. The molecule has 0 fully saturated rings. The SMILES string of the molecule is COc1ccc(C(=O)N(C)Cc2cnc(C)s2)c(N)c1. The molecule has 0 saturated carbocycles. The summed E-state index contributed by atoms with van der Waals surface area (Å²) in [5, 5.41) is 0.991. The first-order chi connectivity index (χ1) is 9.51. The predicted octanol–water partition coefficient (Wildman–Crippen LogP) is 2.31. The molecule has 0 aliphatic rings. The van der Waals surface area contributed by atoms with Gasteiger partial charge in [0, 0.05) is 29.9 Å². The number of carbonyl (C=O) groups is 1. The fourth-order valence-corrected chi connectivity index (χ4v) is 2.70. The summed E-state index contributed by atoms with van der Waals surface area (Å²) < 4.78 is 5.08. The van der Waals surface area contributed by atoms with Gasteiger partial charge in [0.15, 0.2) is 0 Å². The van der Waals surface area contributed by atoms with Gasteiger partial charge in [-0.25, -0.2) is 4.98 Å². The van der Waals surface area contributed by atoms with Crippen molar-refractivity contribution < 1.29 is 9.53 Å². The second-order valence-corrected chi connectivity index (χ2v) is 5.78. The quantitative estimate of drug-likeness (QED) is 0.878. The smallest absolute Gasteiger partial charge is 0.256 e. The highest BCUT2D eigenvalue weighted by Gasteiger charge is 2.16. The van der Waals surface area contributed by atoms with Crippen LogP contribution in [0.4, 0.5) is 5.69 Å². The molecule has 0 radical (unpaired) electrons. The third-order valence-corrected chi connectivity index (χ3v) is 3.80. The highest BCUT2D eigenvalue weighted by molar-refractivity contribution is 7.11. The maximum Gasteiger partial charge on any atom is 0.256 e. The average molecular weight is 291 g/mol. The summed E-state index contributed by atoms with van der Waals surface area (Å²) in [6, 6.07) is 5.07. The molecule has 0 aliphatic heterocycles. The molecule has 2 rings (SSSR count). The van der Waals surface area contributed by atoms with Crippen LogP contribution in [0.5, 0.6) is 5.75 Å². The van der Waals surface area contributed by atoms with E-state index < -0.39 is 0 Å². The Labute approximate surface area is 122 Å². The fourth-order valence-electron chi connectivity index (χ4n) is 1.85. The van der Waals surface area contributed by atoms with Crippen LogP contribution in [0, 0.1) is 6.92 Å². The van der Waals surface area contributed by atoms with E-state index in [-0.39, 0.29) is 5.91 Å². The van der Waals surface area contributed by atoms with Crippen LogP contribution in [-0.4, -0.2) is 29.9 Å². The Morgan fingerprint density at radius 3 is 2.80 bits per heavy atom. The summed E-state index contributed by atoms with van der Waals surface area (Å²) in [5.74, 6) is 0.524. The number of aryl methyl sites for hydroxylation is 1. The van der Waals surface area contributed by atoms with Crippen molar-refractivity contribution >= 4 is 22.9 Å². The third kappa shape index (κ3) is 3.08. The monoisotopic (exact) mass is 291 g/mol. The highest BCUT2D eigenvalue weighted by atomic mass is 32.1. The molecule has 5 nitrogen and oxygen atoms in total. The molecule has 20 heavy (non-hydrogen) atoms. The molecule has 1 aromatic carbocycles. The first-order valence-corrected chi connectivity index (χ1v) is 6.93. The van der Waals surface area contributed by atoms with Crippen LogP contribution >= 0.6 is 11.3 Å². The molecule has 0 saturated heterocycles. The highest BCUT2D eigenvalue weighted by Crippen LogP contribution is 2.22. The van der Waals surface area contributed by atoms with Gasteiger partial charge in [0.25, 0.3) is 5.91 Å². The number of aromatic nitrogens is 1.